The quantitative estimate of drug-likeness (QED) is 0.298. The summed E-state index contributed by atoms with van der Waals surface area (Å²) in [6.45, 7) is 5.82. The van der Waals surface area contributed by atoms with Crippen LogP contribution >= 0.6 is 0 Å². The van der Waals surface area contributed by atoms with Crippen LogP contribution in [0.15, 0.2) is 67.1 Å². The van der Waals surface area contributed by atoms with E-state index in [4.69, 9.17) is 5.26 Å². The first-order valence-electron chi connectivity index (χ1n) is 15.1. The molecular formula is C34H35N7O3. The smallest absolute Gasteiger partial charge is 0.258 e. The minimum Gasteiger partial charge on any atom is -0.354 e. The lowest BCUT2D eigenvalue weighted by molar-refractivity contribution is -0.131. The molecule has 0 bridgehead atoms. The Bertz CT molecular complexity index is 1770. The molecule has 2 aliphatic heterocycles. The molecule has 1 unspecified atom stereocenters. The molecule has 2 aromatic heterocycles. The van der Waals surface area contributed by atoms with Crippen LogP contribution in [0, 0.1) is 17.2 Å². The zero-order valence-electron chi connectivity index (χ0n) is 25.2. The average molecular weight is 590 g/mol. The molecule has 10 heteroatoms. The van der Waals surface area contributed by atoms with E-state index in [1.807, 2.05) is 74.6 Å². The number of fused-ring (bicyclic) bond motifs is 2. The van der Waals surface area contributed by atoms with E-state index in [1.165, 1.54) is 6.33 Å². The Hall–Kier alpha value is -5.04. The lowest BCUT2D eigenvalue weighted by Crippen LogP contribution is -2.52. The number of benzene rings is 2. The van der Waals surface area contributed by atoms with Crippen molar-refractivity contribution < 1.29 is 14.4 Å². The summed E-state index contributed by atoms with van der Waals surface area (Å²) in [5, 5.41) is 9.75. The van der Waals surface area contributed by atoms with Gasteiger partial charge in [-0.15, -0.1) is 0 Å². The number of aromatic nitrogens is 3. The normalized spacial score (nSPS) is 18.6. The van der Waals surface area contributed by atoms with Crippen LogP contribution in [0.3, 0.4) is 0 Å². The molecule has 10 nitrogen and oxygen atoms in total. The van der Waals surface area contributed by atoms with Crippen molar-refractivity contribution in [3.8, 4) is 6.07 Å². The van der Waals surface area contributed by atoms with Crippen molar-refractivity contribution in [2.75, 3.05) is 29.9 Å². The van der Waals surface area contributed by atoms with Crippen molar-refractivity contribution in [1.29, 1.82) is 5.26 Å². The molecule has 2 amide bonds. The van der Waals surface area contributed by atoms with Gasteiger partial charge in [0.2, 0.25) is 11.8 Å². The molecule has 1 fully saturated rings. The Morgan fingerprint density at radius 3 is 2.61 bits per heavy atom. The number of piperidine rings is 1. The third-order valence-corrected chi connectivity index (χ3v) is 9.17. The Morgan fingerprint density at radius 2 is 1.89 bits per heavy atom. The van der Waals surface area contributed by atoms with Gasteiger partial charge in [-0.25, -0.2) is 9.97 Å². The summed E-state index contributed by atoms with van der Waals surface area (Å²) in [5.74, 6) is 0.337. The molecule has 0 radical (unpaired) electrons. The molecule has 1 saturated heterocycles. The molecule has 4 heterocycles. The Morgan fingerprint density at radius 1 is 1.11 bits per heavy atom. The number of likely N-dealkylation sites (tertiary alicyclic amines) is 1. The van der Waals surface area contributed by atoms with Gasteiger partial charge in [0.25, 0.3) is 5.91 Å². The summed E-state index contributed by atoms with van der Waals surface area (Å²) < 4.78 is 1.60. The third-order valence-electron chi connectivity index (χ3n) is 9.17. The number of anilines is 2. The van der Waals surface area contributed by atoms with Gasteiger partial charge in [-0.3, -0.25) is 19.0 Å². The number of hydrogen-bond donors (Lipinski definition) is 0. The van der Waals surface area contributed by atoms with Crippen LogP contribution in [-0.4, -0.2) is 63.3 Å². The molecule has 0 N–H and O–H groups in total. The summed E-state index contributed by atoms with van der Waals surface area (Å²) in [5.41, 5.74) is 3.94. The van der Waals surface area contributed by atoms with E-state index in [9.17, 15) is 14.4 Å². The monoisotopic (exact) mass is 589 g/mol. The van der Waals surface area contributed by atoms with Crippen LogP contribution in [0.5, 0.6) is 0 Å². The molecule has 0 spiro atoms. The van der Waals surface area contributed by atoms with Crippen LogP contribution in [0.25, 0.3) is 11.0 Å². The van der Waals surface area contributed by atoms with E-state index in [0.717, 1.165) is 34.2 Å². The molecule has 44 heavy (non-hydrogen) atoms. The van der Waals surface area contributed by atoms with E-state index in [-0.39, 0.29) is 30.2 Å². The minimum absolute atomic E-state index is 0.000676. The number of likely N-dealkylation sites (N-methyl/N-ethyl adjacent to an activating group) is 1. The summed E-state index contributed by atoms with van der Waals surface area (Å²) in [6.07, 6.45) is 4.53. The summed E-state index contributed by atoms with van der Waals surface area (Å²) in [7, 11) is 1.96. The molecule has 2 aromatic carbocycles. The van der Waals surface area contributed by atoms with Crippen molar-refractivity contribution in [3.05, 3.63) is 83.8 Å². The number of amides is 2. The maximum atomic E-state index is 14.0. The largest absolute Gasteiger partial charge is 0.354 e. The van der Waals surface area contributed by atoms with Gasteiger partial charge in [0, 0.05) is 37.6 Å². The molecular weight excluding hydrogens is 554 g/mol. The number of carbonyl (C=O) groups excluding carboxylic acids is 3. The van der Waals surface area contributed by atoms with Gasteiger partial charge in [0.15, 0.2) is 5.65 Å². The minimum atomic E-state index is -0.402. The van der Waals surface area contributed by atoms with Gasteiger partial charge < -0.3 is 14.7 Å². The van der Waals surface area contributed by atoms with Gasteiger partial charge in [0.1, 0.15) is 18.6 Å². The van der Waals surface area contributed by atoms with Gasteiger partial charge in [-0.1, -0.05) is 44.2 Å². The molecule has 4 aromatic rings. The van der Waals surface area contributed by atoms with Crippen LogP contribution < -0.4 is 9.80 Å². The Labute approximate surface area is 256 Å². The van der Waals surface area contributed by atoms with Crippen LogP contribution in [0.2, 0.25) is 0 Å². The van der Waals surface area contributed by atoms with E-state index in [2.05, 4.69) is 21.8 Å². The summed E-state index contributed by atoms with van der Waals surface area (Å²) in [4.78, 5) is 54.1. The highest BCUT2D eigenvalue weighted by atomic mass is 16.2. The van der Waals surface area contributed by atoms with Gasteiger partial charge in [-0.05, 0) is 54.2 Å². The number of nitriles is 1. The maximum absolute atomic E-state index is 14.0. The van der Waals surface area contributed by atoms with E-state index < -0.39 is 5.92 Å². The van der Waals surface area contributed by atoms with Crippen molar-refractivity contribution in [2.45, 2.75) is 51.6 Å². The van der Waals surface area contributed by atoms with Crippen LogP contribution in [0.1, 0.15) is 65.3 Å². The molecule has 6 rings (SSSR count). The highest BCUT2D eigenvalue weighted by Crippen LogP contribution is 2.33. The second-order valence-electron chi connectivity index (χ2n) is 11.7. The van der Waals surface area contributed by atoms with Gasteiger partial charge >= 0.3 is 0 Å². The zero-order valence-corrected chi connectivity index (χ0v) is 25.2. The standard InChI is InChI=1S/C34H35N7O3/c1-4-26(23-9-11-25(12-10-23)41-19-24-7-5-6-8-27(24)34(41)44)33(43)40-18-15-28-31(36-21-37-32(28)40)38(3)29-20-39(17-14-22(29)2)30(42)13-16-35/h5-12,15,18,21-22,26,29H,4,13-14,17,19-20H2,1-3H3/t22-,26?,29+/m1/s1. The predicted molar refractivity (Wildman–Crippen MR) is 167 cm³/mol. The van der Waals surface area contributed by atoms with E-state index >= 15 is 0 Å². The highest BCUT2D eigenvalue weighted by molar-refractivity contribution is 6.10. The van der Waals surface area contributed by atoms with Crippen LogP contribution in [-0.2, 0) is 11.3 Å². The van der Waals surface area contributed by atoms with Crippen molar-refractivity contribution in [3.63, 3.8) is 0 Å². The number of carbonyl (C=O) groups is 3. The lowest BCUT2D eigenvalue weighted by Gasteiger charge is -2.42. The topological polar surface area (TPSA) is 115 Å². The van der Waals surface area contributed by atoms with Gasteiger partial charge in [0.05, 0.1) is 30.0 Å². The van der Waals surface area contributed by atoms with Crippen molar-refractivity contribution in [1.82, 2.24) is 19.4 Å². The number of hydrogen-bond acceptors (Lipinski definition) is 7. The summed E-state index contributed by atoms with van der Waals surface area (Å²) >= 11 is 0. The average Bonchev–Trinajstić information content (AvgIpc) is 3.63. The van der Waals surface area contributed by atoms with Crippen molar-refractivity contribution in [2.24, 2.45) is 5.92 Å². The highest BCUT2D eigenvalue weighted by Gasteiger charge is 2.33. The molecule has 224 valence electrons. The fourth-order valence-corrected chi connectivity index (χ4v) is 6.58. The lowest BCUT2D eigenvalue weighted by atomic mass is 9.92. The molecule has 3 atom stereocenters. The van der Waals surface area contributed by atoms with Gasteiger partial charge in [-0.2, -0.15) is 5.26 Å². The first kappa shape index (κ1) is 29.1. The van der Waals surface area contributed by atoms with Crippen molar-refractivity contribution >= 4 is 40.3 Å². The zero-order chi connectivity index (χ0) is 31.0. The Balaban J connectivity index is 1.23. The number of rotatable bonds is 7. The first-order chi connectivity index (χ1) is 21.3. The van der Waals surface area contributed by atoms with E-state index in [0.29, 0.717) is 43.4 Å². The fourth-order valence-electron chi connectivity index (χ4n) is 6.58. The SMILES string of the molecule is CCC(C(=O)n1ccc2c(N(C)[C@H]3CN(C(=O)CC#N)CC[C@H]3C)ncnc21)c1ccc(N2Cc3ccccc3C2=O)cc1. The third kappa shape index (κ3) is 5.08. The second-order valence-corrected chi connectivity index (χ2v) is 11.7. The van der Waals surface area contributed by atoms with E-state index in [1.54, 1.807) is 20.6 Å². The molecule has 0 aliphatic carbocycles. The maximum Gasteiger partial charge on any atom is 0.258 e. The Kier molecular flexibility index (Phi) is 7.87. The molecule has 2 aliphatic rings. The fraction of sp³-hybridized carbons (Fsp3) is 0.353. The first-order valence-corrected chi connectivity index (χ1v) is 15.1. The second kappa shape index (κ2) is 11.9. The predicted octanol–water partition coefficient (Wildman–Crippen LogP) is 5.01. The van der Waals surface area contributed by atoms with Crippen LogP contribution in [0.4, 0.5) is 11.5 Å². The number of nitrogens with zero attached hydrogens (tertiary/aromatic N) is 7. The molecule has 0 saturated carbocycles. The summed E-state index contributed by atoms with van der Waals surface area (Å²) in [6, 6.07) is 19.2.